The lowest BCUT2D eigenvalue weighted by Gasteiger charge is -2.19. The number of amides is 1. The number of esters is 1. The lowest BCUT2D eigenvalue weighted by atomic mass is 10.1. The molecule has 1 aromatic carbocycles. The number of carbonyl (C=O) groups is 2. The van der Waals surface area contributed by atoms with E-state index >= 15 is 0 Å². The quantitative estimate of drug-likeness (QED) is 0.646. The number of hydrogen-bond acceptors (Lipinski definition) is 4. The molecule has 20 heavy (non-hydrogen) atoms. The van der Waals surface area contributed by atoms with Gasteiger partial charge in [-0.1, -0.05) is 6.07 Å². The van der Waals surface area contributed by atoms with Crippen molar-refractivity contribution in [3.8, 4) is 0 Å². The molecule has 110 valence electrons. The van der Waals surface area contributed by atoms with Gasteiger partial charge in [-0.25, -0.2) is 4.39 Å². The van der Waals surface area contributed by atoms with Crippen LogP contribution in [-0.4, -0.2) is 24.0 Å². The Labute approximate surface area is 117 Å². The Bertz CT molecular complexity index is 510. The average molecular weight is 282 g/mol. The van der Waals surface area contributed by atoms with Crippen molar-refractivity contribution in [2.24, 2.45) is 0 Å². The number of nitrogen functional groups attached to an aromatic ring is 1. The number of hydrogen-bond donors (Lipinski definition) is 2. The van der Waals surface area contributed by atoms with E-state index in [2.05, 4.69) is 5.32 Å². The summed E-state index contributed by atoms with van der Waals surface area (Å²) in [6.07, 6.45) is 0.0211. The Balaban J connectivity index is 2.44. The van der Waals surface area contributed by atoms with E-state index in [-0.39, 0.29) is 24.6 Å². The Morgan fingerprint density at radius 3 is 2.55 bits per heavy atom. The van der Waals surface area contributed by atoms with Crippen LogP contribution in [0, 0.1) is 5.82 Å². The first-order valence-corrected chi connectivity index (χ1v) is 6.20. The number of ether oxygens (including phenoxy) is 1. The van der Waals surface area contributed by atoms with Crippen molar-refractivity contribution in [2.45, 2.75) is 32.8 Å². The largest absolute Gasteiger partial charge is 0.459 e. The molecule has 0 spiro atoms. The molecule has 0 radical (unpaired) electrons. The predicted octanol–water partition coefficient (Wildman–Crippen LogP) is 1.41. The van der Waals surface area contributed by atoms with Gasteiger partial charge in [0.2, 0.25) is 5.91 Å². The third-order valence-corrected chi connectivity index (χ3v) is 2.28. The van der Waals surface area contributed by atoms with Crippen LogP contribution >= 0.6 is 0 Å². The third kappa shape index (κ3) is 5.69. The summed E-state index contributed by atoms with van der Waals surface area (Å²) in [5.41, 5.74) is 5.38. The van der Waals surface area contributed by atoms with E-state index in [0.29, 0.717) is 5.56 Å². The van der Waals surface area contributed by atoms with E-state index in [0.717, 1.165) is 0 Å². The first-order valence-electron chi connectivity index (χ1n) is 6.20. The maximum atomic E-state index is 13.0. The molecule has 0 fully saturated rings. The van der Waals surface area contributed by atoms with Crippen molar-refractivity contribution in [3.63, 3.8) is 0 Å². The van der Waals surface area contributed by atoms with Gasteiger partial charge in [0.25, 0.3) is 0 Å². The number of carbonyl (C=O) groups excluding carboxylic acids is 2. The van der Waals surface area contributed by atoms with E-state index in [1.807, 2.05) is 0 Å². The molecule has 0 aliphatic rings. The highest BCUT2D eigenvalue weighted by Gasteiger charge is 2.16. The topological polar surface area (TPSA) is 81.4 Å². The van der Waals surface area contributed by atoms with E-state index in [1.165, 1.54) is 18.2 Å². The molecule has 6 heteroatoms. The molecule has 0 atom stereocenters. The summed E-state index contributed by atoms with van der Waals surface area (Å²) in [6, 6.07) is 4.06. The molecule has 0 aromatic heterocycles. The van der Waals surface area contributed by atoms with Crippen LogP contribution in [0.5, 0.6) is 0 Å². The highest BCUT2D eigenvalue weighted by atomic mass is 19.1. The molecule has 0 saturated carbocycles. The van der Waals surface area contributed by atoms with Crippen LogP contribution in [0.15, 0.2) is 18.2 Å². The van der Waals surface area contributed by atoms with Crippen molar-refractivity contribution in [1.29, 1.82) is 0 Å². The van der Waals surface area contributed by atoms with Crippen LogP contribution < -0.4 is 11.1 Å². The summed E-state index contributed by atoms with van der Waals surface area (Å²) in [7, 11) is 0. The van der Waals surface area contributed by atoms with E-state index < -0.39 is 17.4 Å². The maximum Gasteiger partial charge on any atom is 0.325 e. The molecule has 1 rings (SSSR count). The Hall–Kier alpha value is -2.11. The number of anilines is 1. The van der Waals surface area contributed by atoms with Crippen molar-refractivity contribution < 1.29 is 18.7 Å². The number of rotatable bonds is 4. The maximum absolute atomic E-state index is 13.0. The van der Waals surface area contributed by atoms with E-state index in [9.17, 15) is 14.0 Å². The van der Waals surface area contributed by atoms with Gasteiger partial charge in [0.05, 0.1) is 12.1 Å². The molecule has 0 unspecified atom stereocenters. The van der Waals surface area contributed by atoms with Gasteiger partial charge in [0, 0.05) is 0 Å². The van der Waals surface area contributed by atoms with Gasteiger partial charge in [-0.2, -0.15) is 0 Å². The number of nitrogens with two attached hydrogens (primary N) is 1. The van der Waals surface area contributed by atoms with Gasteiger partial charge >= 0.3 is 5.97 Å². The van der Waals surface area contributed by atoms with Crippen molar-refractivity contribution in [2.75, 3.05) is 12.3 Å². The third-order valence-electron chi connectivity index (χ3n) is 2.28. The normalized spacial score (nSPS) is 11.0. The first-order chi connectivity index (χ1) is 9.17. The zero-order chi connectivity index (χ0) is 15.3. The van der Waals surface area contributed by atoms with Gasteiger partial charge in [0.1, 0.15) is 18.0 Å². The van der Waals surface area contributed by atoms with Crippen LogP contribution in [0.4, 0.5) is 10.1 Å². The van der Waals surface area contributed by atoms with Gasteiger partial charge in [0.15, 0.2) is 0 Å². The second-order valence-electron chi connectivity index (χ2n) is 5.40. The minimum absolute atomic E-state index is 0.0116. The molecule has 3 N–H and O–H groups in total. The zero-order valence-corrected chi connectivity index (χ0v) is 11.8. The van der Waals surface area contributed by atoms with Crippen LogP contribution in [0.1, 0.15) is 26.3 Å². The Morgan fingerprint density at radius 1 is 1.35 bits per heavy atom. The first kappa shape index (κ1) is 15.9. The molecule has 1 amide bonds. The molecule has 0 aliphatic carbocycles. The Morgan fingerprint density at radius 2 is 2.00 bits per heavy atom. The van der Waals surface area contributed by atoms with Gasteiger partial charge in [-0.05, 0) is 38.5 Å². The van der Waals surface area contributed by atoms with Crippen LogP contribution in [-0.2, 0) is 20.7 Å². The summed E-state index contributed by atoms with van der Waals surface area (Å²) in [4.78, 5) is 23.0. The monoisotopic (exact) mass is 282 g/mol. The number of nitrogens with one attached hydrogen (secondary N) is 1. The van der Waals surface area contributed by atoms with Crippen LogP contribution in [0.3, 0.4) is 0 Å². The molecule has 5 nitrogen and oxygen atoms in total. The van der Waals surface area contributed by atoms with Gasteiger partial charge in [-0.15, -0.1) is 0 Å². The van der Waals surface area contributed by atoms with Crippen molar-refractivity contribution in [1.82, 2.24) is 5.32 Å². The minimum Gasteiger partial charge on any atom is -0.459 e. The fourth-order valence-electron chi connectivity index (χ4n) is 1.50. The predicted molar refractivity (Wildman–Crippen MR) is 73.4 cm³/mol. The average Bonchev–Trinajstić information content (AvgIpc) is 2.29. The van der Waals surface area contributed by atoms with Crippen molar-refractivity contribution >= 4 is 17.6 Å². The smallest absolute Gasteiger partial charge is 0.325 e. The SMILES string of the molecule is CC(C)(C)OC(=O)CNC(=O)Cc1ccc(F)c(N)c1. The summed E-state index contributed by atoms with van der Waals surface area (Å²) < 4.78 is 18.0. The fourth-order valence-corrected chi connectivity index (χ4v) is 1.50. The number of halogens is 1. The lowest BCUT2D eigenvalue weighted by molar-refractivity contribution is -0.154. The molecular formula is C14H19FN2O3. The standard InChI is InChI=1S/C14H19FN2O3/c1-14(2,3)20-13(19)8-17-12(18)7-9-4-5-10(15)11(16)6-9/h4-6H,7-8,16H2,1-3H3,(H,17,18). The fraction of sp³-hybridized carbons (Fsp3) is 0.429. The second-order valence-corrected chi connectivity index (χ2v) is 5.40. The molecule has 0 saturated heterocycles. The zero-order valence-electron chi connectivity index (χ0n) is 11.8. The summed E-state index contributed by atoms with van der Waals surface area (Å²) in [5.74, 6) is -1.39. The summed E-state index contributed by atoms with van der Waals surface area (Å²) in [5, 5.41) is 2.44. The van der Waals surface area contributed by atoms with Gasteiger partial charge < -0.3 is 15.8 Å². The molecule has 1 aromatic rings. The van der Waals surface area contributed by atoms with E-state index in [4.69, 9.17) is 10.5 Å². The van der Waals surface area contributed by atoms with Crippen molar-refractivity contribution in [3.05, 3.63) is 29.6 Å². The highest BCUT2D eigenvalue weighted by Crippen LogP contribution is 2.12. The second kappa shape index (κ2) is 6.36. The van der Waals surface area contributed by atoms with E-state index in [1.54, 1.807) is 20.8 Å². The summed E-state index contributed by atoms with van der Waals surface area (Å²) in [6.45, 7) is 5.03. The molecule has 0 bridgehead atoms. The van der Waals surface area contributed by atoms with Crippen LogP contribution in [0.2, 0.25) is 0 Å². The molecular weight excluding hydrogens is 263 g/mol. The molecule has 0 aliphatic heterocycles. The van der Waals surface area contributed by atoms with Crippen LogP contribution in [0.25, 0.3) is 0 Å². The Kier molecular flexibility index (Phi) is 5.07. The molecule has 0 heterocycles. The lowest BCUT2D eigenvalue weighted by Crippen LogP contribution is -2.35. The minimum atomic E-state index is -0.590. The van der Waals surface area contributed by atoms with Gasteiger partial charge in [-0.3, -0.25) is 9.59 Å². The number of benzene rings is 1. The highest BCUT2D eigenvalue weighted by molar-refractivity contribution is 5.83. The summed E-state index contributed by atoms with van der Waals surface area (Å²) >= 11 is 0.